The zero-order valence-corrected chi connectivity index (χ0v) is 16.0. The van der Waals surface area contributed by atoms with Gasteiger partial charge in [-0.15, -0.1) is 0 Å². The van der Waals surface area contributed by atoms with Crippen LogP contribution in [0.3, 0.4) is 0 Å². The first-order valence-corrected chi connectivity index (χ1v) is 8.98. The first kappa shape index (κ1) is 21.4. The zero-order valence-electron chi connectivity index (χ0n) is 15.2. The fourth-order valence-corrected chi connectivity index (χ4v) is 2.92. The van der Waals surface area contributed by atoms with Crippen molar-refractivity contribution < 1.29 is 18.8 Å². The van der Waals surface area contributed by atoms with Crippen LogP contribution in [-0.2, 0) is 27.2 Å². The van der Waals surface area contributed by atoms with Crippen molar-refractivity contribution in [2.75, 3.05) is 0 Å². The average molecular weight is 406 g/mol. The topological polar surface area (TPSA) is 101 Å². The number of amides is 3. The minimum Gasteiger partial charge on any atom is -0.368 e. The highest BCUT2D eigenvalue weighted by molar-refractivity contribution is 6.30. The van der Waals surface area contributed by atoms with E-state index in [0.29, 0.717) is 10.6 Å². The third-order valence-corrected chi connectivity index (χ3v) is 4.27. The van der Waals surface area contributed by atoms with Crippen LogP contribution in [0.25, 0.3) is 0 Å². The van der Waals surface area contributed by atoms with Gasteiger partial charge >= 0.3 is 0 Å². The summed E-state index contributed by atoms with van der Waals surface area (Å²) < 4.78 is 13.1. The number of nitrogens with one attached hydrogen (secondary N) is 2. The van der Waals surface area contributed by atoms with Gasteiger partial charge in [0.05, 0.1) is 0 Å². The van der Waals surface area contributed by atoms with Crippen molar-refractivity contribution in [2.24, 2.45) is 5.73 Å². The molecule has 0 aliphatic heterocycles. The van der Waals surface area contributed by atoms with Crippen molar-refractivity contribution in [3.8, 4) is 0 Å². The molecule has 8 heteroatoms. The highest BCUT2D eigenvalue weighted by Gasteiger charge is 2.25. The molecule has 0 aromatic heterocycles. The Kier molecular flexibility index (Phi) is 7.52. The van der Waals surface area contributed by atoms with E-state index in [9.17, 15) is 18.8 Å². The lowest BCUT2D eigenvalue weighted by molar-refractivity contribution is -0.130. The molecule has 0 bridgehead atoms. The summed E-state index contributed by atoms with van der Waals surface area (Å²) in [6.07, 6.45) is 0.291. The number of rotatable bonds is 8. The van der Waals surface area contributed by atoms with E-state index >= 15 is 0 Å². The van der Waals surface area contributed by atoms with Gasteiger partial charge in [-0.05, 0) is 35.4 Å². The zero-order chi connectivity index (χ0) is 20.7. The molecular weight excluding hydrogens is 385 g/mol. The number of halogens is 2. The van der Waals surface area contributed by atoms with Crippen LogP contribution in [0.1, 0.15) is 18.1 Å². The van der Waals surface area contributed by atoms with Gasteiger partial charge in [0, 0.05) is 24.8 Å². The molecule has 28 heavy (non-hydrogen) atoms. The van der Waals surface area contributed by atoms with Crippen LogP contribution < -0.4 is 16.4 Å². The van der Waals surface area contributed by atoms with Crippen molar-refractivity contribution in [2.45, 2.75) is 31.8 Å². The molecule has 0 saturated heterocycles. The molecule has 3 amide bonds. The summed E-state index contributed by atoms with van der Waals surface area (Å²) in [4.78, 5) is 36.0. The van der Waals surface area contributed by atoms with Gasteiger partial charge in [-0.25, -0.2) is 4.39 Å². The van der Waals surface area contributed by atoms with Crippen LogP contribution in [0, 0.1) is 5.82 Å². The molecule has 0 saturated carbocycles. The third-order valence-electron chi connectivity index (χ3n) is 4.04. The lowest BCUT2D eigenvalue weighted by atomic mass is 10.0. The molecule has 0 fully saturated rings. The molecular formula is C20H21ClFN3O3. The van der Waals surface area contributed by atoms with Gasteiger partial charge in [-0.1, -0.05) is 35.9 Å². The van der Waals surface area contributed by atoms with E-state index in [0.717, 1.165) is 5.56 Å². The maximum absolute atomic E-state index is 13.1. The smallest absolute Gasteiger partial charge is 0.243 e. The molecule has 0 spiro atoms. The van der Waals surface area contributed by atoms with Gasteiger partial charge < -0.3 is 16.4 Å². The summed E-state index contributed by atoms with van der Waals surface area (Å²) in [7, 11) is 0. The molecule has 2 aromatic rings. The summed E-state index contributed by atoms with van der Waals surface area (Å²) in [5, 5.41) is 5.62. The van der Waals surface area contributed by atoms with Crippen molar-refractivity contribution in [3.63, 3.8) is 0 Å². The second-order valence-electron chi connectivity index (χ2n) is 6.38. The first-order chi connectivity index (χ1) is 13.2. The van der Waals surface area contributed by atoms with E-state index in [4.69, 9.17) is 17.3 Å². The van der Waals surface area contributed by atoms with Gasteiger partial charge in [0.1, 0.15) is 17.9 Å². The van der Waals surface area contributed by atoms with Gasteiger partial charge in [0.2, 0.25) is 17.7 Å². The molecule has 0 unspecified atom stereocenters. The average Bonchev–Trinajstić information content (AvgIpc) is 2.62. The molecule has 2 atom stereocenters. The molecule has 0 aliphatic carbocycles. The van der Waals surface area contributed by atoms with Gasteiger partial charge in [0.15, 0.2) is 0 Å². The minimum absolute atomic E-state index is 0.133. The predicted octanol–water partition coefficient (Wildman–Crippen LogP) is 1.74. The Morgan fingerprint density at radius 2 is 1.64 bits per heavy atom. The van der Waals surface area contributed by atoms with Crippen LogP contribution in [0.2, 0.25) is 5.02 Å². The van der Waals surface area contributed by atoms with Crippen LogP contribution in [0.5, 0.6) is 0 Å². The monoisotopic (exact) mass is 405 g/mol. The number of nitrogens with two attached hydrogens (primary N) is 1. The number of benzene rings is 2. The highest BCUT2D eigenvalue weighted by Crippen LogP contribution is 2.13. The second kappa shape index (κ2) is 9.85. The van der Waals surface area contributed by atoms with Crippen LogP contribution in [0.4, 0.5) is 4.39 Å². The molecule has 2 rings (SSSR count). The fraction of sp³-hybridized carbons (Fsp3) is 0.250. The van der Waals surface area contributed by atoms with E-state index < -0.39 is 35.6 Å². The largest absolute Gasteiger partial charge is 0.368 e. The third kappa shape index (κ3) is 6.66. The molecule has 0 radical (unpaired) electrons. The van der Waals surface area contributed by atoms with Gasteiger partial charge in [0.25, 0.3) is 0 Å². The quantitative estimate of drug-likeness (QED) is 0.623. The van der Waals surface area contributed by atoms with E-state index in [2.05, 4.69) is 10.6 Å². The summed E-state index contributed by atoms with van der Waals surface area (Å²) in [5.74, 6) is -2.09. The minimum atomic E-state index is -0.976. The summed E-state index contributed by atoms with van der Waals surface area (Å²) in [5.41, 5.74) is 6.81. The van der Waals surface area contributed by atoms with E-state index in [1.807, 2.05) is 0 Å². The van der Waals surface area contributed by atoms with Crippen LogP contribution in [0.15, 0.2) is 48.5 Å². The van der Waals surface area contributed by atoms with E-state index in [1.165, 1.54) is 31.2 Å². The summed E-state index contributed by atoms with van der Waals surface area (Å²) >= 11 is 5.95. The highest BCUT2D eigenvalue weighted by atomic mass is 35.5. The Hall–Kier alpha value is -2.93. The normalized spacial score (nSPS) is 12.7. The Bertz CT molecular complexity index is 858. The number of hydrogen-bond acceptors (Lipinski definition) is 3. The predicted molar refractivity (Wildman–Crippen MR) is 104 cm³/mol. The van der Waals surface area contributed by atoms with Crippen LogP contribution in [-0.4, -0.2) is 29.8 Å². The van der Waals surface area contributed by atoms with Gasteiger partial charge in [-0.3, -0.25) is 14.4 Å². The standard InChI is InChI=1S/C20H21ClFN3O3/c1-12(26)24-18(10-13-5-7-16(22)8-6-13)20(28)25-17(19(23)27)11-14-3-2-4-15(21)9-14/h2-9,17-18H,10-11H2,1H3,(H2,23,27)(H,24,26)(H,25,28)/t17-,18-/m1/s1. The lowest BCUT2D eigenvalue weighted by Gasteiger charge is -2.22. The van der Waals surface area contributed by atoms with Crippen LogP contribution >= 0.6 is 11.6 Å². The molecule has 148 valence electrons. The molecule has 0 heterocycles. The van der Waals surface area contributed by atoms with E-state index in [1.54, 1.807) is 24.3 Å². The van der Waals surface area contributed by atoms with Gasteiger partial charge in [-0.2, -0.15) is 0 Å². The van der Waals surface area contributed by atoms with Crippen molar-refractivity contribution >= 4 is 29.3 Å². The van der Waals surface area contributed by atoms with Crippen molar-refractivity contribution in [1.29, 1.82) is 0 Å². The van der Waals surface area contributed by atoms with E-state index in [-0.39, 0.29) is 12.8 Å². The second-order valence-corrected chi connectivity index (χ2v) is 6.82. The Morgan fingerprint density at radius 1 is 1.00 bits per heavy atom. The SMILES string of the molecule is CC(=O)N[C@H](Cc1ccc(F)cc1)C(=O)N[C@H](Cc1cccc(Cl)c1)C(N)=O. The van der Waals surface area contributed by atoms with Crippen molar-refractivity contribution in [1.82, 2.24) is 10.6 Å². The molecule has 6 nitrogen and oxygen atoms in total. The number of carbonyl (C=O) groups is 3. The maximum atomic E-state index is 13.1. The maximum Gasteiger partial charge on any atom is 0.243 e. The number of hydrogen-bond donors (Lipinski definition) is 3. The number of carbonyl (C=O) groups excluding carboxylic acids is 3. The fourth-order valence-electron chi connectivity index (χ4n) is 2.71. The molecule has 4 N–H and O–H groups in total. The Morgan fingerprint density at radius 3 is 2.21 bits per heavy atom. The van der Waals surface area contributed by atoms with Crippen molar-refractivity contribution in [3.05, 3.63) is 70.5 Å². The lowest BCUT2D eigenvalue weighted by Crippen LogP contribution is -2.54. The Balaban J connectivity index is 2.12. The summed E-state index contributed by atoms with van der Waals surface area (Å²) in [6, 6.07) is 10.5. The first-order valence-electron chi connectivity index (χ1n) is 8.60. The Labute approximate surface area is 167 Å². The molecule has 0 aliphatic rings. The molecule has 2 aromatic carbocycles. The number of primary amides is 1. The summed E-state index contributed by atoms with van der Waals surface area (Å²) in [6.45, 7) is 1.28.